The zero-order valence-corrected chi connectivity index (χ0v) is 13.8. The number of benzene rings is 2. The molecule has 2 atom stereocenters. The van der Waals surface area contributed by atoms with Crippen LogP contribution >= 0.6 is 0 Å². The molecule has 2 aromatic carbocycles. The Morgan fingerprint density at radius 3 is 2.81 bits per heavy atom. The number of aromatic amines is 1. The maximum atomic E-state index is 12.6. The Balaban J connectivity index is 0.00000180. The molecule has 0 bridgehead atoms. The van der Waals surface area contributed by atoms with Gasteiger partial charge in [-0.3, -0.25) is 9.59 Å². The number of carbonyl (C=O) groups is 2. The Labute approximate surface area is 156 Å². The van der Waals surface area contributed by atoms with Gasteiger partial charge in [-0.05, 0) is 30.0 Å². The third kappa shape index (κ3) is 2.89. The molecule has 3 N–H and O–H groups in total. The molecular formula is C21H20N4O2. The molecule has 27 heavy (non-hydrogen) atoms. The van der Waals surface area contributed by atoms with E-state index in [0.717, 1.165) is 22.9 Å². The SMILES string of the molecule is C.O=C1NN=Cc2c[nH]c3cc(NC(=O)[C@@H]4C[C@H]4c4ccccc4)cc1c23. The topological polar surface area (TPSA) is 86.3 Å². The van der Waals surface area contributed by atoms with Gasteiger partial charge in [0.25, 0.3) is 5.91 Å². The molecule has 0 spiro atoms. The lowest BCUT2D eigenvalue weighted by Gasteiger charge is -2.08. The van der Waals surface area contributed by atoms with Crippen LogP contribution in [0.3, 0.4) is 0 Å². The molecule has 2 aliphatic rings. The summed E-state index contributed by atoms with van der Waals surface area (Å²) in [5.74, 6) is -0.0457. The molecule has 1 fully saturated rings. The van der Waals surface area contributed by atoms with E-state index in [-0.39, 0.29) is 31.1 Å². The smallest absolute Gasteiger partial charge is 0.272 e. The van der Waals surface area contributed by atoms with Gasteiger partial charge >= 0.3 is 0 Å². The van der Waals surface area contributed by atoms with Gasteiger partial charge in [0.2, 0.25) is 5.91 Å². The van der Waals surface area contributed by atoms with E-state index in [0.29, 0.717) is 11.3 Å². The molecule has 1 aliphatic heterocycles. The van der Waals surface area contributed by atoms with Gasteiger partial charge in [0.05, 0.1) is 11.8 Å². The van der Waals surface area contributed by atoms with Gasteiger partial charge in [-0.2, -0.15) is 5.10 Å². The summed E-state index contributed by atoms with van der Waals surface area (Å²) in [6.07, 6.45) is 4.27. The van der Waals surface area contributed by atoms with E-state index in [1.165, 1.54) is 5.56 Å². The highest BCUT2D eigenvalue weighted by molar-refractivity contribution is 6.15. The van der Waals surface area contributed by atoms with Crippen molar-refractivity contribution < 1.29 is 9.59 Å². The lowest BCUT2D eigenvalue weighted by atomic mass is 10.0. The molecule has 1 aromatic heterocycles. The normalized spacial score (nSPS) is 19.8. The summed E-state index contributed by atoms with van der Waals surface area (Å²) in [4.78, 5) is 28.0. The molecule has 6 heteroatoms. The summed E-state index contributed by atoms with van der Waals surface area (Å²) in [6.45, 7) is 0. The van der Waals surface area contributed by atoms with Gasteiger partial charge in [0, 0.05) is 34.3 Å². The quantitative estimate of drug-likeness (QED) is 0.666. The fraction of sp³-hybridized carbons (Fsp3) is 0.190. The molecule has 1 aliphatic carbocycles. The molecular weight excluding hydrogens is 340 g/mol. The van der Waals surface area contributed by atoms with Crippen LogP contribution in [0.2, 0.25) is 0 Å². The Morgan fingerprint density at radius 2 is 2.00 bits per heavy atom. The summed E-state index contributed by atoms with van der Waals surface area (Å²) in [6, 6.07) is 13.6. The Bertz CT molecular complexity index is 1070. The highest BCUT2D eigenvalue weighted by Crippen LogP contribution is 2.48. The molecule has 2 heterocycles. The number of amides is 2. The number of H-pyrrole nitrogens is 1. The molecule has 1 saturated carbocycles. The van der Waals surface area contributed by atoms with E-state index in [4.69, 9.17) is 0 Å². The third-order valence-electron chi connectivity index (χ3n) is 5.05. The van der Waals surface area contributed by atoms with Crippen LogP contribution in [0.1, 0.15) is 41.3 Å². The zero-order valence-electron chi connectivity index (χ0n) is 13.8. The maximum absolute atomic E-state index is 12.6. The van der Waals surface area contributed by atoms with Gasteiger partial charge in [-0.15, -0.1) is 0 Å². The minimum Gasteiger partial charge on any atom is -0.360 e. The number of hydrazone groups is 1. The first-order valence-electron chi connectivity index (χ1n) is 8.55. The summed E-state index contributed by atoms with van der Waals surface area (Å²) in [5, 5.41) is 7.68. The predicted octanol–water partition coefficient (Wildman–Crippen LogP) is 3.62. The number of hydrogen-bond acceptors (Lipinski definition) is 3. The number of nitrogens with one attached hydrogen (secondary N) is 3. The summed E-state index contributed by atoms with van der Waals surface area (Å²) in [7, 11) is 0. The van der Waals surface area contributed by atoms with Crippen LogP contribution in [0.4, 0.5) is 5.69 Å². The average Bonchev–Trinajstić information content (AvgIpc) is 3.39. The van der Waals surface area contributed by atoms with E-state index < -0.39 is 0 Å². The van der Waals surface area contributed by atoms with E-state index in [1.807, 2.05) is 24.3 Å². The van der Waals surface area contributed by atoms with Crippen LogP contribution < -0.4 is 10.7 Å². The zero-order chi connectivity index (χ0) is 17.7. The highest BCUT2D eigenvalue weighted by Gasteiger charge is 2.43. The van der Waals surface area contributed by atoms with Crippen LogP contribution in [-0.2, 0) is 4.79 Å². The van der Waals surface area contributed by atoms with Crippen molar-refractivity contribution in [3.8, 4) is 0 Å². The summed E-state index contributed by atoms with van der Waals surface area (Å²) >= 11 is 0. The van der Waals surface area contributed by atoms with Crippen molar-refractivity contribution in [3.05, 3.63) is 65.4 Å². The van der Waals surface area contributed by atoms with Crippen LogP contribution in [0.5, 0.6) is 0 Å². The number of nitrogens with zero attached hydrogens (tertiary/aromatic N) is 1. The van der Waals surface area contributed by atoms with Crippen molar-refractivity contribution in [1.29, 1.82) is 0 Å². The summed E-state index contributed by atoms with van der Waals surface area (Å²) < 4.78 is 0. The molecule has 5 rings (SSSR count). The molecule has 2 amide bonds. The number of hydrogen-bond donors (Lipinski definition) is 3. The van der Waals surface area contributed by atoms with Gasteiger partial charge in [0.1, 0.15) is 0 Å². The standard InChI is InChI=1S/C20H16N4O2.CH4/c25-19(15-8-14(15)11-4-2-1-3-5-11)23-13-6-16-18-12(9-21-17(18)7-13)10-22-24-20(16)26;/h1-7,9-10,14-15,21H,8H2,(H,23,25)(H,24,26);1H4/t14-,15+;/m0./s1. The van der Waals surface area contributed by atoms with Crippen LogP contribution in [-0.4, -0.2) is 23.0 Å². The highest BCUT2D eigenvalue weighted by atomic mass is 16.2. The van der Waals surface area contributed by atoms with E-state index >= 15 is 0 Å². The lowest BCUT2D eigenvalue weighted by Crippen LogP contribution is -2.18. The van der Waals surface area contributed by atoms with Crippen molar-refractivity contribution in [2.45, 2.75) is 19.8 Å². The monoisotopic (exact) mass is 360 g/mol. The first-order chi connectivity index (χ1) is 12.7. The minimum absolute atomic E-state index is 0. The van der Waals surface area contributed by atoms with Crippen LogP contribution in [0.25, 0.3) is 10.9 Å². The number of anilines is 1. The second-order valence-corrected chi connectivity index (χ2v) is 6.74. The third-order valence-corrected chi connectivity index (χ3v) is 5.05. The van der Waals surface area contributed by atoms with Gasteiger partial charge in [-0.25, -0.2) is 5.43 Å². The van der Waals surface area contributed by atoms with Crippen molar-refractivity contribution in [1.82, 2.24) is 10.4 Å². The number of carbonyl (C=O) groups excluding carboxylic acids is 2. The molecule has 0 radical (unpaired) electrons. The number of aromatic nitrogens is 1. The fourth-order valence-electron chi connectivity index (χ4n) is 3.66. The van der Waals surface area contributed by atoms with E-state index in [9.17, 15) is 9.59 Å². The predicted molar refractivity (Wildman–Crippen MR) is 106 cm³/mol. The molecule has 136 valence electrons. The van der Waals surface area contributed by atoms with Crippen molar-refractivity contribution in [2.75, 3.05) is 5.32 Å². The fourth-order valence-corrected chi connectivity index (χ4v) is 3.66. The van der Waals surface area contributed by atoms with Gasteiger partial charge < -0.3 is 10.3 Å². The average molecular weight is 360 g/mol. The first kappa shape index (κ1) is 17.0. The van der Waals surface area contributed by atoms with E-state index in [1.54, 1.807) is 18.5 Å². The second kappa shape index (κ2) is 6.39. The Morgan fingerprint density at radius 1 is 1.19 bits per heavy atom. The maximum Gasteiger partial charge on any atom is 0.272 e. The molecule has 0 saturated heterocycles. The summed E-state index contributed by atoms with van der Waals surface area (Å²) in [5.41, 5.74) is 6.44. The largest absolute Gasteiger partial charge is 0.360 e. The van der Waals surface area contributed by atoms with Gasteiger partial charge in [0.15, 0.2) is 0 Å². The Kier molecular flexibility index (Phi) is 4.03. The second-order valence-electron chi connectivity index (χ2n) is 6.74. The van der Waals surface area contributed by atoms with Crippen molar-refractivity contribution in [2.24, 2.45) is 11.0 Å². The van der Waals surface area contributed by atoms with Crippen LogP contribution in [0, 0.1) is 5.92 Å². The Hall–Kier alpha value is -3.41. The van der Waals surface area contributed by atoms with Crippen molar-refractivity contribution in [3.63, 3.8) is 0 Å². The molecule has 3 aromatic rings. The molecule has 0 unspecified atom stereocenters. The van der Waals surface area contributed by atoms with Crippen LogP contribution in [0.15, 0.2) is 53.8 Å². The van der Waals surface area contributed by atoms with Crippen molar-refractivity contribution >= 4 is 34.6 Å². The molecule has 6 nitrogen and oxygen atoms in total. The number of rotatable bonds is 3. The van der Waals surface area contributed by atoms with E-state index in [2.05, 4.69) is 33.0 Å². The first-order valence-corrected chi connectivity index (χ1v) is 8.55. The lowest BCUT2D eigenvalue weighted by molar-refractivity contribution is -0.117. The van der Waals surface area contributed by atoms with Gasteiger partial charge in [-0.1, -0.05) is 37.8 Å². The minimum atomic E-state index is -0.283.